The van der Waals surface area contributed by atoms with E-state index >= 15 is 0 Å². The molecule has 2 nitrogen and oxygen atoms in total. The zero-order valence-corrected chi connectivity index (χ0v) is 11.7. The van der Waals surface area contributed by atoms with E-state index in [-0.39, 0.29) is 11.5 Å². The van der Waals surface area contributed by atoms with Crippen LogP contribution in [0.4, 0.5) is 0 Å². The van der Waals surface area contributed by atoms with Crippen LogP contribution in [0.1, 0.15) is 5.56 Å². The number of hydrogen-bond donors (Lipinski definition) is 2. The van der Waals surface area contributed by atoms with Crippen LogP contribution in [0.5, 0.6) is 11.5 Å². The molecule has 3 aromatic carbocycles. The van der Waals surface area contributed by atoms with E-state index in [2.05, 4.69) is 0 Å². The van der Waals surface area contributed by atoms with Crippen molar-refractivity contribution in [2.75, 3.05) is 0 Å². The highest BCUT2D eigenvalue weighted by molar-refractivity contribution is 5.86. The zero-order chi connectivity index (χ0) is 14.8. The number of hydrogen-bond acceptors (Lipinski definition) is 2. The monoisotopic (exact) mass is 276 g/mol. The molecule has 0 aliphatic carbocycles. The van der Waals surface area contributed by atoms with Crippen molar-refractivity contribution in [2.24, 2.45) is 0 Å². The largest absolute Gasteiger partial charge is 0.507 e. The molecule has 0 unspecified atom stereocenters. The zero-order valence-electron chi connectivity index (χ0n) is 11.7. The Morgan fingerprint density at radius 2 is 1.33 bits per heavy atom. The molecule has 2 N–H and O–H groups in total. The third-order valence-corrected chi connectivity index (χ3v) is 3.66. The minimum atomic E-state index is 0.0847. The van der Waals surface area contributed by atoms with Crippen molar-refractivity contribution in [3.63, 3.8) is 0 Å². The fourth-order valence-electron chi connectivity index (χ4n) is 2.55. The van der Waals surface area contributed by atoms with Crippen molar-refractivity contribution >= 4 is 0 Å². The first-order chi connectivity index (χ1) is 10.2. The molecule has 3 rings (SSSR count). The summed E-state index contributed by atoms with van der Waals surface area (Å²) in [5.74, 6) is 0.192. The highest BCUT2D eigenvalue weighted by atomic mass is 16.3. The van der Waals surface area contributed by atoms with Crippen LogP contribution in [0.2, 0.25) is 0 Å². The summed E-state index contributed by atoms with van der Waals surface area (Å²) in [6.45, 7) is 1.96. The second-order valence-corrected chi connectivity index (χ2v) is 5.04. The SMILES string of the molecule is Cc1ccccc1-c1c(O)ccc(-c2ccccc2)c1O. The fraction of sp³-hybridized carbons (Fsp3) is 0.0526. The van der Waals surface area contributed by atoms with Gasteiger partial charge in [0.15, 0.2) is 0 Å². The Labute approximate surface area is 123 Å². The van der Waals surface area contributed by atoms with Crippen molar-refractivity contribution in [1.29, 1.82) is 0 Å². The van der Waals surface area contributed by atoms with E-state index in [1.165, 1.54) is 0 Å². The molecule has 0 aromatic heterocycles. The summed E-state index contributed by atoms with van der Waals surface area (Å²) >= 11 is 0. The van der Waals surface area contributed by atoms with Gasteiger partial charge in [0.05, 0.1) is 5.56 Å². The van der Waals surface area contributed by atoms with Crippen LogP contribution in [0.3, 0.4) is 0 Å². The average Bonchev–Trinajstić information content (AvgIpc) is 2.50. The lowest BCUT2D eigenvalue weighted by molar-refractivity contribution is 0.455. The Morgan fingerprint density at radius 3 is 2.05 bits per heavy atom. The molecule has 0 bridgehead atoms. The third kappa shape index (κ3) is 2.36. The molecule has 0 radical (unpaired) electrons. The van der Waals surface area contributed by atoms with Gasteiger partial charge in [0.25, 0.3) is 0 Å². The summed E-state index contributed by atoms with van der Waals surface area (Å²) in [6.07, 6.45) is 0. The highest BCUT2D eigenvalue weighted by Crippen LogP contribution is 2.44. The average molecular weight is 276 g/mol. The number of aryl methyl sites for hydroxylation is 1. The highest BCUT2D eigenvalue weighted by Gasteiger charge is 2.16. The first kappa shape index (κ1) is 13.3. The van der Waals surface area contributed by atoms with Gasteiger partial charge < -0.3 is 10.2 Å². The lowest BCUT2D eigenvalue weighted by atomic mass is 9.94. The molecule has 0 saturated heterocycles. The Kier molecular flexibility index (Phi) is 3.36. The summed E-state index contributed by atoms with van der Waals surface area (Å²) in [7, 11) is 0. The molecule has 0 aliphatic heterocycles. The van der Waals surface area contributed by atoms with Gasteiger partial charge in [0.2, 0.25) is 0 Å². The van der Waals surface area contributed by atoms with Crippen LogP contribution < -0.4 is 0 Å². The van der Waals surface area contributed by atoms with E-state index in [4.69, 9.17) is 0 Å². The molecule has 3 aromatic rings. The maximum absolute atomic E-state index is 10.6. The lowest BCUT2D eigenvalue weighted by Crippen LogP contribution is -1.88. The number of phenols is 2. The number of benzene rings is 3. The molecule has 0 amide bonds. The predicted octanol–water partition coefficient (Wildman–Crippen LogP) is 4.74. The van der Waals surface area contributed by atoms with Crippen molar-refractivity contribution < 1.29 is 10.2 Å². The topological polar surface area (TPSA) is 40.5 Å². The first-order valence-corrected chi connectivity index (χ1v) is 6.85. The van der Waals surface area contributed by atoms with Crippen LogP contribution in [0, 0.1) is 6.92 Å². The standard InChI is InChI=1S/C19H16O2/c1-13-7-5-6-10-15(13)18-17(20)12-11-16(19(18)21)14-8-3-2-4-9-14/h2-12,20-21H,1H3. The number of rotatable bonds is 2. The minimum Gasteiger partial charge on any atom is -0.507 e. The van der Waals surface area contributed by atoms with Crippen molar-refractivity contribution in [2.45, 2.75) is 6.92 Å². The maximum Gasteiger partial charge on any atom is 0.134 e. The van der Waals surface area contributed by atoms with Gasteiger partial charge in [0.1, 0.15) is 11.5 Å². The molecular formula is C19H16O2. The second-order valence-electron chi connectivity index (χ2n) is 5.04. The van der Waals surface area contributed by atoms with Crippen LogP contribution >= 0.6 is 0 Å². The molecule has 0 spiro atoms. The van der Waals surface area contributed by atoms with Crippen LogP contribution in [-0.4, -0.2) is 10.2 Å². The normalized spacial score (nSPS) is 10.5. The van der Waals surface area contributed by atoms with Gasteiger partial charge in [-0.2, -0.15) is 0 Å². The molecule has 0 fully saturated rings. The van der Waals surface area contributed by atoms with Crippen LogP contribution in [0.15, 0.2) is 66.7 Å². The fourth-order valence-corrected chi connectivity index (χ4v) is 2.55. The van der Waals surface area contributed by atoms with Gasteiger partial charge in [-0.05, 0) is 35.7 Å². The van der Waals surface area contributed by atoms with Crippen LogP contribution in [-0.2, 0) is 0 Å². The molecule has 0 aliphatic rings. The van der Waals surface area contributed by atoms with Gasteiger partial charge in [-0.25, -0.2) is 0 Å². The summed E-state index contributed by atoms with van der Waals surface area (Å²) < 4.78 is 0. The van der Waals surface area contributed by atoms with Crippen LogP contribution in [0.25, 0.3) is 22.3 Å². The Hall–Kier alpha value is -2.74. The lowest BCUT2D eigenvalue weighted by Gasteiger charge is -2.14. The summed E-state index contributed by atoms with van der Waals surface area (Å²) in [5.41, 5.74) is 3.96. The predicted molar refractivity (Wildman–Crippen MR) is 85.4 cm³/mol. The van der Waals surface area contributed by atoms with Crippen molar-refractivity contribution in [1.82, 2.24) is 0 Å². The Bertz CT molecular complexity index is 777. The van der Waals surface area contributed by atoms with Gasteiger partial charge >= 0.3 is 0 Å². The van der Waals surface area contributed by atoms with Gasteiger partial charge in [-0.1, -0.05) is 54.6 Å². The van der Waals surface area contributed by atoms with E-state index in [1.807, 2.05) is 61.5 Å². The van der Waals surface area contributed by atoms with E-state index in [0.29, 0.717) is 11.1 Å². The first-order valence-electron chi connectivity index (χ1n) is 6.85. The third-order valence-electron chi connectivity index (χ3n) is 3.66. The second kappa shape index (κ2) is 5.33. The molecule has 21 heavy (non-hydrogen) atoms. The van der Waals surface area contributed by atoms with E-state index in [0.717, 1.165) is 16.7 Å². The summed E-state index contributed by atoms with van der Waals surface area (Å²) in [4.78, 5) is 0. The quantitative estimate of drug-likeness (QED) is 0.709. The smallest absolute Gasteiger partial charge is 0.134 e. The summed E-state index contributed by atoms with van der Waals surface area (Å²) in [6, 6.07) is 20.7. The van der Waals surface area contributed by atoms with Crippen molar-refractivity contribution in [3.8, 4) is 33.8 Å². The Morgan fingerprint density at radius 1 is 0.667 bits per heavy atom. The molecule has 0 atom stereocenters. The maximum atomic E-state index is 10.6. The van der Waals surface area contributed by atoms with Gasteiger partial charge in [0, 0.05) is 5.56 Å². The number of aromatic hydroxyl groups is 2. The van der Waals surface area contributed by atoms with E-state index < -0.39 is 0 Å². The number of phenolic OH excluding ortho intramolecular Hbond substituents is 2. The molecule has 0 heterocycles. The van der Waals surface area contributed by atoms with E-state index in [9.17, 15) is 10.2 Å². The van der Waals surface area contributed by atoms with E-state index in [1.54, 1.807) is 12.1 Å². The molecule has 104 valence electrons. The minimum absolute atomic E-state index is 0.0847. The van der Waals surface area contributed by atoms with Gasteiger partial charge in [-0.15, -0.1) is 0 Å². The van der Waals surface area contributed by atoms with Gasteiger partial charge in [-0.3, -0.25) is 0 Å². The summed E-state index contributed by atoms with van der Waals surface area (Å²) in [5, 5.41) is 20.8. The molecule has 2 heteroatoms. The molecule has 0 saturated carbocycles. The molecular weight excluding hydrogens is 260 g/mol. The Balaban J connectivity index is 2.25. The van der Waals surface area contributed by atoms with Crippen molar-refractivity contribution in [3.05, 3.63) is 72.3 Å².